The van der Waals surface area contributed by atoms with Crippen molar-refractivity contribution in [1.82, 2.24) is 9.97 Å². The molecule has 2 rings (SSSR count). The summed E-state index contributed by atoms with van der Waals surface area (Å²) in [7, 11) is 0. The van der Waals surface area contributed by atoms with E-state index in [1.54, 1.807) is 18.5 Å². The molecular formula is C11H10N4O3S. The number of aromatic nitrogens is 2. The molecule has 1 aromatic heterocycles. The van der Waals surface area contributed by atoms with Crippen LogP contribution in [0.1, 0.15) is 10.4 Å². The highest BCUT2D eigenvalue weighted by Gasteiger charge is 2.17. The fourth-order valence-corrected chi connectivity index (χ4v) is 2.03. The summed E-state index contributed by atoms with van der Waals surface area (Å²) >= 11 is 1.26. The van der Waals surface area contributed by atoms with Gasteiger partial charge in [0.2, 0.25) is 5.95 Å². The molecule has 0 spiro atoms. The first-order valence-corrected chi connectivity index (χ1v) is 6.47. The number of amides is 1. The molecule has 1 amide bonds. The number of carbonyl (C=O) groups excluding carboxylic acids is 1. The van der Waals surface area contributed by atoms with Crippen molar-refractivity contribution in [1.29, 1.82) is 0 Å². The van der Waals surface area contributed by atoms with Gasteiger partial charge < -0.3 is 4.98 Å². The normalized spacial score (nSPS) is 10.2. The number of thioether (sulfide) groups is 1. The maximum Gasteiger partial charge on any atom is 0.283 e. The Morgan fingerprint density at radius 2 is 2.32 bits per heavy atom. The topological polar surface area (TPSA) is 101 Å². The van der Waals surface area contributed by atoms with Crippen LogP contribution >= 0.6 is 11.8 Å². The van der Waals surface area contributed by atoms with Crippen LogP contribution in [-0.4, -0.2) is 27.1 Å². The second kappa shape index (κ2) is 5.53. The number of carbonyl (C=O) groups is 1. The Balaban J connectivity index is 2.27. The maximum absolute atomic E-state index is 11.9. The molecular weight excluding hydrogens is 268 g/mol. The smallest absolute Gasteiger partial charge is 0.283 e. The minimum atomic E-state index is -0.504. The van der Waals surface area contributed by atoms with Crippen molar-refractivity contribution in [3.63, 3.8) is 0 Å². The molecule has 8 heteroatoms. The van der Waals surface area contributed by atoms with Crippen LogP contribution in [0.4, 0.5) is 11.6 Å². The van der Waals surface area contributed by atoms with Crippen LogP contribution in [0.25, 0.3) is 0 Å². The van der Waals surface area contributed by atoms with Crippen molar-refractivity contribution in [2.45, 2.75) is 4.90 Å². The van der Waals surface area contributed by atoms with Crippen LogP contribution in [0.5, 0.6) is 0 Å². The average Bonchev–Trinajstić information content (AvgIpc) is 2.90. The molecule has 19 heavy (non-hydrogen) atoms. The summed E-state index contributed by atoms with van der Waals surface area (Å²) in [6.07, 6.45) is 4.80. The summed E-state index contributed by atoms with van der Waals surface area (Å²) < 4.78 is 0. The number of hydrogen-bond acceptors (Lipinski definition) is 5. The van der Waals surface area contributed by atoms with Gasteiger partial charge in [-0.1, -0.05) is 0 Å². The predicted molar refractivity (Wildman–Crippen MR) is 71.4 cm³/mol. The van der Waals surface area contributed by atoms with E-state index in [-0.39, 0.29) is 11.3 Å². The van der Waals surface area contributed by atoms with Gasteiger partial charge in [-0.05, 0) is 18.4 Å². The molecule has 7 nitrogen and oxygen atoms in total. The van der Waals surface area contributed by atoms with E-state index in [4.69, 9.17) is 0 Å². The molecule has 0 aliphatic rings. The van der Waals surface area contributed by atoms with Gasteiger partial charge in [0.15, 0.2) is 0 Å². The Labute approximate surface area is 112 Å². The predicted octanol–water partition coefficient (Wildman–Crippen LogP) is 2.29. The number of aromatic amines is 1. The highest BCUT2D eigenvalue weighted by atomic mass is 32.2. The molecule has 0 atom stereocenters. The number of rotatable bonds is 4. The number of anilines is 1. The summed E-state index contributed by atoms with van der Waals surface area (Å²) in [5.74, 6) is -0.160. The highest BCUT2D eigenvalue weighted by Crippen LogP contribution is 2.28. The zero-order valence-electron chi connectivity index (χ0n) is 9.91. The molecule has 2 aromatic rings. The first-order valence-electron chi connectivity index (χ1n) is 5.25. The summed E-state index contributed by atoms with van der Waals surface area (Å²) in [6.45, 7) is 0. The second-order valence-electron chi connectivity index (χ2n) is 3.54. The lowest BCUT2D eigenvalue weighted by Crippen LogP contribution is -2.13. The Bertz CT molecular complexity index is 612. The van der Waals surface area contributed by atoms with Gasteiger partial charge in [-0.15, -0.1) is 11.8 Å². The summed E-state index contributed by atoms with van der Waals surface area (Å²) in [5, 5.41) is 13.4. The number of H-pyrrole nitrogens is 1. The zero-order chi connectivity index (χ0) is 13.8. The SMILES string of the molecule is CSc1ccc(C(=O)Nc2ncc[nH]2)cc1[N+](=O)[O-]. The van der Waals surface area contributed by atoms with Crippen molar-refractivity contribution in [3.05, 3.63) is 46.3 Å². The summed E-state index contributed by atoms with van der Waals surface area (Å²) in [4.78, 5) is 29.4. The summed E-state index contributed by atoms with van der Waals surface area (Å²) in [6, 6.07) is 4.35. The van der Waals surface area contributed by atoms with Crippen molar-refractivity contribution in [2.75, 3.05) is 11.6 Å². The number of nitrogens with one attached hydrogen (secondary N) is 2. The van der Waals surface area contributed by atoms with E-state index in [9.17, 15) is 14.9 Å². The fourth-order valence-electron chi connectivity index (χ4n) is 1.49. The number of imidazole rings is 1. The molecule has 1 heterocycles. The lowest BCUT2D eigenvalue weighted by atomic mass is 10.2. The molecule has 1 aromatic carbocycles. The van der Waals surface area contributed by atoms with Crippen LogP contribution in [-0.2, 0) is 0 Å². The standard InChI is InChI=1S/C11H10N4O3S/c1-19-9-3-2-7(6-8(9)15(17)18)10(16)14-11-12-4-5-13-11/h2-6H,1H3,(H2,12,13,14,16). The minimum Gasteiger partial charge on any atom is -0.331 e. The van der Waals surface area contributed by atoms with Crippen LogP contribution < -0.4 is 5.32 Å². The number of hydrogen-bond donors (Lipinski definition) is 2. The highest BCUT2D eigenvalue weighted by molar-refractivity contribution is 7.98. The lowest BCUT2D eigenvalue weighted by molar-refractivity contribution is -0.387. The molecule has 98 valence electrons. The van der Waals surface area contributed by atoms with Gasteiger partial charge in [0.25, 0.3) is 11.6 Å². The lowest BCUT2D eigenvalue weighted by Gasteiger charge is -2.04. The second-order valence-corrected chi connectivity index (χ2v) is 4.38. The average molecular weight is 278 g/mol. The van der Waals surface area contributed by atoms with E-state index in [1.165, 1.54) is 30.1 Å². The largest absolute Gasteiger partial charge is 0.331 e. The van der Waals surface area contributed by atoms with E-state index >= 15 is 0 Å². The fraction of sp³-hybridized carbons (Fsp3) is 0.0909. The Morgan fingerprint density at radius 3 is 2.89 bits per heavy atom. The van der Waals surface area contributed by atoms with Gasteiger partial charge in [0.05, 0.1) is 9.82 Å². The van der Waals surface area contributed by atoms with Gasteiger partial charge in [0, 0.05) is 24.0 Å². The van der Waals surface area contributed by atoms with Gasteiger partial charge in [-0.25, -0.2) is 4.98 Å². The van der Waals surface area contributed by atoms with Crippen LogP contribution in [0.2, 0.25) is 0 Å². The van der Waals surface area contributed by atoms with Crippen LogP contribution in [0.15, 0.2) is 35.5 Å². The van der Waals surface area contributed by atoms with E-state index in [2.05, 4.69) is 15.3 Å². The molecule has 0 saturated carbocycles. The molecule has 0 fully saturated rings. The summed E-state index contributed by atoms with van der Waals surface area (Å²) in [5.41, 5.74) is 0.125. The number of nitrogens with zero attached hydrogens (tertiary/aromatic N) is 2. The van der Waals surface area contributed by atoms with E-state index in [0.717, 1.165) is 0 Å². The first-order chi connectivity index (χ1) is 9.11. The van der Waals surface area contributed by atoms with Gasteiger partial charge in [0.1, 0.15) is 0 Å². The van der Waals surface area contributed by atoms with Gasteiger partial charge in [-0.2, -0.15) is 0 Å². The van der Waals surface area contributed by atoms with Crippen molar-refractivity contribution < 1.29 is 9.72 Å². The van der Waals surface area contributed by atoms with Crippen molar-refractivity contribution >= 4 is 29.3 Å². The monoisotopic (exact) mass is 278 g/mol. The molecule has 0 radical (unpaired) electrons. The minimum absolute atomic E-state index is 0.0837. The quantitative estimate of drug-likeness (QED) is 0.507. The number of nitro benzene ring substituents is 1. The maximum atomic E-state index is 11.9. The van der Waals surface area contributed by atoms with Crippen LogP contribution in [0, 0.1) is 10.1 Å². The molecule has 0 saturated heterocycles. The third-order valence-electron chi connectivity index (χ3n) is 2.37. The Kier molecular flexibility index (Phi) is 3.81. The molecule has 0 unspecified atom stereocenters. The Morgan fingerprint density at radius 1 is 1.53 bits per heavy atom. The Hall–Kier alpha value is -2.35. The van der Waals surface area contributed by atoms with E-state index in [0.29, 0.717) is 10.8 Å². The molecule has 2 N–H and O–H groups in total. The third-order valence-corrected chi connectivity index (χ3v) is 3.15. The van der Waals surface area contributed by atoms with E-state index < -0.39 is 10.8 Å². The van der Waals surface area contributed by atoms with Crippen LogP contribution in [0.3, 0.4) is 0 Å². The third kappa shape index (κ3) is 2.91. The number of benzene rings is 1. The molecule has 0 aliphatic heterocycles. The van der Waals surface area contributed by atoms with E-state index in [1.807, 2.05) is 0 Å². The molecule has 0 aliphatic carbocycles. The van der Waals surface area contributed by atoms with Gasteiger partial charge >= 0.3 is 0 Å². The van der Waals surface area contributed by atoms with Crippen molar-refractivity contribution in [3.8, 4) is 0 Å². The number of nitro groups is 1. The van der Waals surface area contributed by atoms with Crippen molar-refractivity contribution in [2.24, 2.45) is 0 Å². The molecule has 0 bridgehead atoms. The van der Waals surface area contributed by atoms with Gasteiger partial charge in [-0.3, -0.25) is 20.2 Å². The first kappa shape index (κ1) is 13.1. The zero-order valence-corrected chi connectivity index (χ0v) is 10.7.